The predicted octanol–water partition coefficient (Wildman–Crippen LogP) is 1.35. The largest absolute Gasteiger partial charge is 0.469 e. The highest BCUT2D eigenvalue weighted by molar-refractivity contribution is 5.71. The average Bonchev–Trinajstić information content (AvgIpc) is 2.50. The Bertz CT molecular complexity index is 179. The molecule has 1 fully saturated rings. The van der Waals surface area contributed by atoms with Gasteiger partial charge in [-0.25, -0.2) is 0 Å². The Kier molecular flexibility index (Phi) is 3.72. The third-order valence-electron chi connectivity index (χ3n) is 2.88. The maximum Gasteiger partial charge on any atom is 0.308 e. The number of hydrogen-bond donors (Lipinski definition) is 1. The van der Waals surface area contributed by atoms with E-state index in [-0.39, 0.29) is 18.0 Å². The van der Waals surface area contributed by atoms with Gasteiger partial charge >= 0.3 is 5.97 Å². The summed E-state index contributed by atoms with van der Waals surface area (Å²) in [4.78, 5) is 11.1. The van der Waals surface area contributed by atoms with Gasteiger partial charge in [-0.3, -0.25) is 4.79 Å². The summed E-state index contributed by atoms with van der Waals surface area (Å²) < 4.78 is 4.64. The summed E-state index contributed by atoms with van der Waals surface area (Å²) in [6.45, 7) is 1.86. The van der Waals surface area contributed by atoms with Gasteiger partial charge in [0.1, 0.15) is 0 Å². The monoisotopic (exact) mass is 186 g/mol. The molecule has 1 saturated carbocycles. The summed E-state index contributed by atoms with van der Waals surface area (Å²) in [6.07, 6.45) is 3.57. The van der Waals surface area contributed by atoms with E-state index in [1.54, 1.807) is 0 Å². The SMILES string of the molecule is COC(=O)C(C)CC1CCCC1O. The third-order valence-corrected chi connectivity index (χ3v) is 2.88. The molecule has 0 aromatic rings. The van der Waals surface area contributed by atoms with Gasteiger partial charge in [-0.2, -0.15) is 0 Å². The maximum atomic E-state index is 11.1. The minimum absolute atomic E-state index is 0.0808. The van der Waals surface area contributed by atoms with Crippen LogP contribution in [0.5, 0.6) is 0 Å². The zero-order valence-corrected chi connectivity index (χ0v) is 8.32. The number of carbonyl (C=O) groups excluding carboxylic acids is 1. The molecule has 0 amide bonds. The standard InChI is InChI=1S/C10H18O3/c1-7(10(12)13-2)6-8-4-3-5-9(8)11/h7-9,11H,3-6H2,1-2H3. The summed E-state index contributed by atoms with van der Waals surface area (Å²) in [6, 6.07) is 0. The topological polar surface area (TPSA) is 46.5 Å². The first-order chi connectivity index (χ1) is 6.15. The summed E-state index contributed by atoms with van der Waals surface area (Å²) in [7, 11) is 1.41. The molecule has 3 heteroatoms. The van der Waals surface area contributed by atoms with E-state index in [0.29, 0.717) is 5.92 Å². The Morgan fingerprint density at radius 2 is 2.31 bits per heavy atom. The van der Waals surface area contributed by atoms with E-state index < -0.39 is 0 Å². The Morgan fingerprint density at radius 1 is 1.62 bits per heavy atom. The van der Waals surface area contributed by atoms with Crippen LogP contribution in [0.3, 0.4) is 0 Å². The van der Waals surface area contributed by atoms with Crippen LogP contribution in [-0.4, -0.2) is 24.3 Å². The van der Waals surface area contributed by atoms with Gasteiger partial charge in [-0.05, 0) is 25.2 Å². The molecule has 1 rings (SSSR count). The second-order valence-corrected chi connectivity index (χ2v) is 3.92. The molecule has 0 heterocycles. The van der Waals surface area contributed by atoms with Crippen LogP contribution in [0, 0.1) is 11.8 Å². The Balaban J connectivity index is 2.34. The molecule has 3 unspecified atom stereocenters. The second-order valence-electron chi connectivity index (χ2n) is 3.92. The van der Waals surface area contributed by atoms with Crippen molar-refractivity contribution in [3.63, 3.8) is 0 Å². The van der Waals surface area contributed by atoms with Crippen LogP contribution in [0.1, 0.15) is 32.6 Å². The lowest BCUT2D eigenvalue weighted by atomic mass is 9.93. The van der Waals surface area contributed by atoms with Gasteiger partial charge < -0.3 is 9.84 Å². The molecule has 1 aliphatic carbocycles. The van der Waals surface area contributed by atoms with Gasteiger partial charge in [0.15, 0.2) is 0 Å². The molecule has 0 spiro atoms. The van der Waals surface area contributed by atoms with Crippen LogP contribution in [-0.2, 0) is 9.53 Å². The van der Waals surface area contributed by atoms with E-state index in [1.807, 2.05) is 6.92 Å². The number of aliphatic hydroxyl groups is 1. The van der Waals surface area contributed by atoms with Crippen molar-refractivity contribution in [1.82, 2.24) is 0 Å². The molecule has 3 nitrogen and oxygen atoms in total. The summed E-state index contributed by atoms with van der Waals surface area (Å²) in [5, 5.41) is 9.54. The van der Waals surface area contributed by atoms with E-state index in [1.165, 1.54) is 7.11 Å². The van der Waals surface area contributed by atoms with Gasteiger partial charge in [-0.1, -0.05) is 13.3 Å². The fourth-order valence-corrected chi connectivity index (χ4v) is 2.04. The average molecular weight is 186 g/mol. The van der Waals surface area contributed by atoms with Crippen LogP contribution in [0.4, 0.5) is 0 Å². The summed E-state index contributed by atoms with van der Waals surface area (Å²) in [5.41, 5.74) is 0. The predicted molar refractivity (Wildman–Crippen MR) is 49.1 cm³/mol. The third kappa shape index (κ3) is 2.69. The molecule has 0 aliphatic heterocycles. The quantitative estimate of drug-likeness (QED) is 0.677. The van der Waals surface area contributed by atoms with E-state index in [2.05, 4.69) is 4.74 Å². The van der Waals surface area contributed by atoms with Gasteiger partial charge in [0, 0.05) is 0 Å². The highest BCUT2D eigenvalue weighted by atomic mass is 16.5. The van der Waals surface area contributed by atoms with Crippen LogP contribution < -0.4 is 0 Å². The molecule has 0 aromatic carbocycles. The number of hydrogen-bond acceptors (Lipinski definition) is 3. The number of esters is 1. The fraction of sp³-hybridized carbons (Fsp3) is 0.900. The summed E-state index contributed by atoms with van der Waals surface area (Å²) >= 11 is 0. The Hall–Kier alpha value is -0.570. The number of rotatable bonds is 3. The van der Waals surface area contributed by atoms with Crippen molar-refractivity contribution in [3.05, 3.63) is 0 Å². The maximum absolute atomic E-state index is 11.1. The lowest BCUT2D eigenvalue weighted by molar-refractivity contribution is -0.145. The van der Waals surface area contributed by atoms with Crippen molar-refractivity contribution in [1.29, 1.82) is 0 Å². The van der Waals surface area contributed by atoms with Crippen LogP contribution in [0.15, 0.2) is 0 Å². The molecular formula is C10H18O3. The number of carbonyl (C=O) groups is 1. The lowest BCUT2D eigenvalue weighted by Crippen LogP contribution is -2.21. The van der Waals surface area contributed by atoms with Crippen molar-refractivity contribution < 1.29 is 14.6 Å². The highest BCUT2D eigenvalue weighted by Crippen LogP contribution is 2.30. The van der Waals surface area contributed by atoms with Crippen molar-refractivity contribution in [2.45, 2.75) is 38.7 Å². The van der Waals surface area contributed by atoms with Crippen molar-refractivity contribution in [3.8, 4) is 0 Å². The van der Waals surface area contributed by atoms with Crippen molar-refractivity contribution >= 4 is 5.97 Å². The van der Waals surface area contributed by atoms with Crippen LogP contribution in [0.2, 0.25) is 0 Å². The molecule has 3 atom stereocenters. The molecule has 0 bridgehead atoms. The first kappa shape index (κ1) is 10.5. The first-order valence-corrected chi connectivity index (χ1v) is 4.91. The van der Waals surface area contributed by atoms with Gasteiger partial charge in [-0.15, -0.1) is 0 Å². The molecule has 0 aromatic heterocycles. The van der Waals surface area contributed by atoms with E-state index in [9.17, 15) is 9.90 Å². The fourth-order valence-electron chi connectivity index (χ4n) is 2.04. The normalized spacial score (nSPS) is 30.1. The molecule has 0 radical (unpaired) electrons. The minimum Gasteiger partial charge on any atom is -0.469 e. The zero-order valence-electron chi connectivity index (χ0n) is 8.32. The number of methoxy groups -OCH3 is 1. The van der Waals surface area contributed by atoms with E-state index in [4.69, 9.17) is 0 Å². The van der Waals surface area contributed by atoms with Gasteiger partial charge in [0.2, 0.25) is 0 Å². The first-order valence-electron chi connectivity index (χ1n) is 4.91. The number of ether oxygens (including phenoxy) is 1. The second kappa shape index (κ2) is 4.61. The van der Waals surface area contributed by atoms with Gasteiger partial charge in [0.25, 0.3) is 0 Å². The molecule has 0 saturated heterocycles. The smallest absolute Gasteiger partial charge is 0.308 e. The van der Waals surface area contributed by atoms with Crippen LogP contribution in [0.25, 0.3) is 0 Å². The number of aliphatic hydroxyl groups excluding tert-OH is 1. The van der Waals surface area contributed by atoms with E-state index >= 15 is 0 Å². The summed E-state index contributed by atoms with van der Waals surface area (Å²) in [5.74, 6) is 0.0518. The minimum atomic E-state index is -0.202. The van der Waals surface area contributed by atoms with Crippen LogP contribution >= 0.6 is 0 Å². The van der Waals surface area contributed by atoms with Crippen molar-refractivity contribution in [2.24, 2.45) is 11.8 Å². The Morgan fingerprint density at radius 3 is 2.77 bits per heavy atom. The van der Waals surface area contributed by atoms with Crippen molar-refractivity contribution in [2.75, 3.05) is 7.11 Å². The van der Waals surface area contributed by atoms with E-state index in [0.717, 1.165) is 25.7 Å². The molecule has 76 valence electrons. The Labute approximate surface area is 79.1 Å². The highest BCUT2D eigenvalue weighted by Gasteiger charge is 2.28. The molecule has 13 heavy (non-hydrogen) atoms. The molecule has 1 aliphatic rings. The molecular weight excluding hydrogens is 168 g/mol. The lowest BCUT2D eigenvalue weighted by Gasteiger charge is -2.17. The van der Waals surface area contributed by atoms with Gasteiger partial charge in [0.05, 0.1) is 19.1 Å². The zero-order chi connectivity index (χ0) is 9.84. The molecule has 1 N–H and O–H groups in total.